The molecule has 0 saturated heterocycles. The van der Waals surface area contributed by atoms with E-state index in [1.807, 2.05) is 24.3 Å². The molecule has 3 nitrogen and oxygen atoms in total. The Hall–Kier alpha value is -2.00. The third kappa shape index (κ3) is 5.88. The maximum absolute atomic E-state index is 9.20. The minimum atomic E-state index is 0.309. The van der Waals surface area contributed by atoms with E-state index in [1.165, 1.54) is 11.1 Å². The van der Waals surface area contributed by atoms with Crippen LogP contribution in [0.2, 0.25) is 0 Å². The highest BCUT2D eigenvalue weighted by atomic mass is 16.5. The van der Waals surface area contributed by atoms with E-state index in [1.54, 1.807) is 24.3 Å². The van der Waals surface area contributed by atoms with Gasteiger partial charge in [0, 0.05) is 13.2 Å². The molecule has 0 aliphatic heterocycles. The monoisotopic (exact) mass is 286 g/mol. The fourth-order valence-corrected chi connectivity index (χ4v) is 2.18. The number of phenols is 2. The van der Waals surface area contributed by atoms with Crippen molar-refractivity contribution in [2.24, 2.45) is 0 Å². The summed E-state index contributed by atoms with van der Waals surface area (Å²) in [5.74, 6) is 0.619. The molecule has 0 spiro atoms. The molecule has 0 aromatic heterocycles. The summed E-state index contributed by atoms with van der Waals surface area (Å²) < 4.78 is 5.63. The van der Waals surface area contributed by atoms with Crippen LogP contribution in [0.5, 0.6) is 11.5 Å². The Morgan fingerprint density at radius 1 is 0.619 bits per heavy atom. The fourth-order valence-electron chi connectivity index (χ4n) is 2.18. The fraction of sp³-hybridized carbons (Fsp3) is 0.333. The van der Waals surface area contributed by atoms with Crippen LogP contribution >= 0.6 is 0 Å². The summed E-state index contributed by atoms with van der Waals surface area (Å²) in [5, 5.41) is 18.4. The largest absolute Gasteiger partial charge is 0.508 e. The maximum Gasteiger partial charge on any atom is 0.115 e. The van der Waals surface area contributed by atoms with Gasteiger partial charge in [-0.25, -0.2) is 0 Å². The topological polar surface area (TPSA) is 49.7 Å². The molecule has 0 atom stereocenters. The van der Waals surface area contributed by atoms with Gasteiger partial charge >= 0.3 is 0 Å². The molecule has 2 aromatic carbocycles. The van der Waals surface area contributed by atoms with Gasteiger partial charge < -0.3 is 14.9 Å². The first kappa shape index (κ1) is 15.4. The zero-order valence-electron chi connectivity index (χ0n) is 12.2. The second-order valence-corrected chi connectivity index (χ2v) is 5.15. The molecule has 0 radical (unpaired) electrons. The first-order chi connectivity index (χ1) is 10.2. The number of benzene rings is 2. The maximum atomic E-state index is 9.20. The van der Waals surface area contributed by atoms with Crippen LogP contribution in [-0.4, -0.2) is 23.4 Å². The van der Waals surface area contributed by atoms with Crippen molar-refractivity contribution in [2.45, 2.75) is 25.7 Å². The summed E-state index contributed by atoms with van der Waals surface area (Å²) in [7, 11) is 0. The first-order valence-electron chi connectivity index (χ1n) is 7.37. The van der Waals surface area contributed by atoms with Crippen LogP contribution in [0.1, 0.15) is 24.0 Å². The van der Waals surface area contributed by atoms with Crippen LogP contribution in [0.3, 0.4) is 0 Å². The number of hydrogen-bond acceptors (Lipinski definition) is 3. The molecule has 2 N–H and O–H groups in total. The number of aromatic hydroxyl groups is 2. The van der Waals surface area contributed by atoms with Gasteiger partial charge in [0.15, 0.2) is 0 Å². The van der Waals surface area contributed by atoms with Gasteiger partial charge in [-0.2, -0.15) is 0 Å². The van der Waals surface area contributed by atoms with Crippen molar-refractivity contribution < 1.29 is 14.9 Å². The molecule has 112 valence electrons. The van der Waals surface area contributed by atoms with Crippen molar-refractivity contribution in [3.05, 3.63) is 59.7 Å². The molecule has 0 aliphatic carbocycles. The zero-order chi connectivity index (χ0) is 14.9. The van der Waals surface area contributed by atoms with Crippen LogP contribution in [0.15, 0.2) is 48.5 Å². The Bertz CT molecular complexity index is 468. The number of hydrogen-bond donors (Lipinski definition) is 2. The van der Waals surface area contributed by atoms with E-state index in [9.17, 15) is 10.2 Å². The standard InChI is InChI=1S/C18H22O3/c19-17-9-5-15(6-10-17)3-1-13-21-14-2-4-16-7-11-18(20)12-8-16/h5-12,19-20H,1-4,13-14H2. The second kappa shape index (κ2) is 8.32. The lowest BCUT2D eigenvalue weighted by molar-refractivity contribution is 0.130. The Kier molecular flexibility index (Phi) is 6.10. The zero-order valence-corrected chi connectivity index (χ0v) is 12.2. The minimum absolute atomic E-state index is 0.309. The molecule has 0 heterocycles. The van der Waals surface area contributed by atoms with Crippen molar-refractivity contribution >= 4 is 0 Å². The molecule has 2 aromatic rings. The van der Waals surface area contributed by atoms with Crippen molar-refractivity contribution in [1.29, 1.82) is 0 Å². The second-order valence-electron chi connectivity index (χ2n) is 5.15. The number of ether oxygens (including phenoxy) is 1. The van der Waals surface area contributed by atoms with Gasteiger partial charge in [0.1, 0.15) is 11.5 Å². The van der Waals surface area contributed by atoms with Gasteiger partial charge in [-0.15, -0.1) is 0 Å². The van der Waals surface area contributed by atoms with Gasteiger partial charge in [-0.05, 0) is 61.1 Å². The minimum Gasteiger partial charge on any atom is -0.508 e. The molecule has 3 heteroatoms. The summed E-state index contributed by atoms with van der Waals surface area (Å²) >= 11 is 0. The van der Waals surface area contributed by atoms with E-state index in [2.05, 4.69) is 0 Å². The quantitative estimate of drug-likeness (QED) is 0.728. The van der Waals surface area contributed by atoms with Crippen LogP contribution in [0.4, 0.5) is 0 Å². The van der Waals surface area contributed by atoms with E-state index in [-0.39, 0.29) is 0 Å². The molecular formula is C18H22O3. The average molecular weight is 286 g/mol. The van der Waals surface area contributed by atoms with Crippen molar-refractivity contribution in [1.82, 2.24) is 0 Å². The SMILES string of the molecule is Oc1ccc(CCCOCCCc2ccc(O)cc2)cc1. The number of rotatable bonds is 8. The van der Waals surface area contributed by atoms with Crippen LogP contribution in [0, 0.1) is 0 Å². The molecular weight excluding hydrogens is 264 g/mol. The number of aryl methyl sites for hydroxylation is 2. The summed E-state index contributed by atoms with van der Waals surface area (Å²) in [6.45, 7) is 1.52. The molecule has 21 heavy (non-hydrogen) atoms. The van der Waals surface area contributed by atoms with Gasteiger partial charge in [0.25, 0.3) is 0 Å². The van der Waals surface area contributed by atoms with E-state index in [4.69, 9.17) is 4.74 Å². The third-order valence-corrected chi connectivity index (χ3v) is 3.38. The van der Waals surface area contributed by atoms with Crippen molar-refractivity contribution in [2.75, 3.05) is 13.2 Å². The predicted octanol–water partition coefficient (Wildman–Crippen LogP) is 3.68. The van der Waals surface area contributed by atoms with Crippen LogP contribution < -0.4 is 0 Å². The first-order valence-corrected chi connectivity index (χ1v) is 7.37. The van der Waals surface area contributed by atoms with E-state index >= 15 is 0 Å². The van der Waals surface area contributed by atoms with Crippen molar-refractivity contribution in [3.63, 3.8) is 0 Å². The normalized spacial score (nSPS) is 10.7. The lowest BCUT2D eigenvalue weighted by atomic mass is 10.1. The van der Waals surface area contributed by atoms with Gasteiger partial charge in [0.05, 0.1) is 0 Å². The summed E-state index contributed by atoms with van der Waals surface area (Å²) in [4.78, 5) is 0. The van der Waals surface area contributed by atoms with Crippen LogP contribution in [0.25, 0.3) is 0 Å². The molecule has 0 saturated carbocycles. The highest BCUT2D eigenvalue weighted by molar-refractivity contribution is 5.26. The Balaban J connectivity index is 1.52. The molecule has 0 aliphatic rings. The van der Waals surface area contributed by atoms with Gasteiger partial charge in [-0.3, -0.25) is 0 Å². The summed E-state index contributed by atoms with van der Waals surface area (Å²) in [6, 6.07) is 14.6. The van der Waals surface area contributed by atoms with E-state index in [0.717, 1.165) is 38.9 Å². The molecule has 0 fully saturated rings. The predicted molar refractivity (Wildman–Crippen MR) is 83.7 cm³/mol. The lowest BCUT2D eigenvalue weighted by Gasteiger charge is -2.05. The van der Waals surface area contributed by atoms with Crippen LogP contribution in [-0.2, 0) is 17.6 Å². The lowest BCUT2D eigenvalue weighted by Crippen LogP contribution is -2.00. The highest BCUT2D eigenvalue weighted by Gasteiger charge is 1.96. The third-order valence-electron chi connectivity index (χ3n) is 3.38. The summed E-state index contributed by atoms with van der Waals surface area (Å²) in [5.41, 5.74) is 2.45. The van der Waals surface area contributed by atoms with Crippen molar-refractivity contribution in [3.8, 4) is 11.5 Å². The Morgan fingerprint density at radius 2 is 1.00 bits per heavy atom. The molecule has 0 unspecified atom stereocenters. The average Bonchev–Trinajstić information content (AvgIpc) is 2.50. The Labute approximate surface area is 125 Å². The van der Waals surface area contributed by atoms with E-state index < -0.39 is 0 Å². The van der Waals surface area contributed by atoms with Gasteiger partial charge in [-0.1, -0.05) is 24.3 Å². The smallest absolute Gasteiger partial charge is 0.115 e. The number of phenolic OH excluding ortho intramolecular Hbond substituents is 2. The Morgan fingerprint density at radius 3 is 1.38 bits per heavy atom. The molecule has 2 rings (SSSR count). The molecule has 0 amide bonds. The van der Waals surface area contributed by atoms with Gasteiger partial charge in [0.2, 0.25) is 0 Å². The summed E-state index contributed by atoms with van der Waals surface area (Å²) in [6.07, 6.45) is 3.92. The highest BCUT2D eigenvalue weighted by Crippen LogP contribution is 2.12. The van der Waals surface area contributed by atoms with E-state index in [0.29, 0.717) is 11.5 Å². The molecule has 0 bridgehead atoms.